The largest absolute Gasteiger partial charge is 0.468 e. The van der Waals surface area contributed by atoms with Gasteiger partial charge in [-0.2, -0.15) is 0 Å². The van der Waals surface area contributed by atoms with Crippen LogP contribution in [0.4, 0.5) is 4.79 Å². The number of hydrogen-bond donors (Lipinski definition) is 1. The number of carbonyl (C=O) groups excluding carboxylic acids is 2. The van der Waals surface area contributed by atoms with Gasteiger partial charge in [-0.25, -0.2) is 4.79 Å². The molecule has 19 heavy (non-hydrogen) atoms. The van der Waals surface area contributed by atoms with Crippen LogP contribution in [0.5, 0.6) is 0 Å². The monoisotopic (exact) mass is 270 g/mol. The van der Waals surface area contributed by atoms with Crippen molar-refractivity contribution >= 4 is 12.1 Å². The van der Waals surface area contributed by atoms with E-state index in [0.29, 0.717) is 19.6 Å². The highest BCUT2D eigenvalue weighted by atomic mass is 16.6. The van der Waals surface area contributed by atoms with E-state index in [1.54, 1.807) is 4.90 Å². The molecular formula is C13H22N2O4. The number of nitrogens with zero attached hydrogens (tertiary/aromatic N) is 1. The van der Waals surface area contributed by atoms with Crippen LogP contribution in [0.15, 0.2) is 0 Å². The van der Waals surface area contributed by atoms with Gasteiger partial charge in [0.1, 0.15) is 11.0 Å². The summed E-state index contributed by atoms with van der Waals surface area (Å²) in [7, 11) is 1.39. The summed E-state index contributed by atoms with van der Waals surface area (Å²) in [5.74, 6) is -0.138. The number of hydrogen-bond acceptors (Lipinski definition) is 5. The van der Waals surface area contributed by atoms with Crippen molar-refractivity contribution in [2.45, 2.75) is 26.4 Å². The molecule has 0 aromatic carbocycles. The second kappa shape index (κ2) is 4.67. The van der Waals surface area contributed by atoms with E-state index in [1.165, 1.54) is 7.11 Å². The fourth-order valence-electron chi connectivity index (χ4n) is 2.88. The number of rotatable bonds is 1. The fourth-order valence-corrected chi connectivity index (χ4v) is 2.88. The molecule has 0 aromatic rings. The Morgan fingerprint density at radius 2 is 2.05 bits per heavy atom. The van der Waals surface area contributed by atoms with Crippen LogP contribution in [-0.4, -0.2) is 55.9 Å². The molecule has 2 aliphatic heterocycles. The van der Waals surface area contributed by atoms with Crippen LogP contribution in [0.3, 0.4) is 0 Å². The molecular weight excluding hydrogens is 248 g/mol. The number of carbonyl (C=O) groups is 2. The van der Waals surface area contributed by atoms with Crippen molar-refractivity contribution in [1.29, 1.82) is 0 Å². The third-order valence-corrected chi connectivity index (χ3v) is 3.77. The second-order valence-corrected chi connectivity index (χ2v) is 6.34. The molecule has 2 heterocycles. The van der Waals surface area contributed by atoms with Gasteiger partial charge in [0, 0.05) is 32.1 Å². The number of amides is 1. The van der Waals surface area contributed by atoms with Crippen molar-refractivity contribution in [3.63, 3.8) is 0 Å². The van der Waals surface area contributed by atoms with Gasteiger partial charge in [0.05, 0.1) is 7.11 Å². The van der Waals surface area contributed by atoms with E-state index >= 15 is 0 Å². The van der Waals surface area contributed by atoms with Gasteiger partial charge in [-0.1, -0.05) is 0 Å². The van der Waals surface area contributed by atoms with Crippen molar-refractivity contribution in [1.82, 2.24) is 10.2 Å². The van der Waals surface area contributed by atoms with Gasteiger partial charge in [0.15, 0.2) is 0 Å². The highest BCUT2D eigenvalue weighted by Gasteiger charge is 2.57. The summed E-state index contributed by atoms with van der Waals surface area (Å²) in [5.41, 5.74) is -1.13. The zero-order chi connectivity index (χ0) is 14.3. The Balaban J connectivity index is 2.09. The van der Waals surface area contributed by atoms with E-state index < -0.39 is 11.0 Å². The summed E-state index contributed by atoms with van der Waals surface area (Å²) in [6.07, 6.45) is -0.356. The van der Waals surface area contributed by atoms with E-state index in [1.807, 2.05) is 20.8 Å². The van der Waals surface area contributed by atoms with Gasteiger partial charge in [-0.15, -0.1) is 0 Å². The van der Waals surface area contributed by atoms with Crippen molar-refractivity contribution in [3.8, 4) is 0 Å². The van der Waals surface area contributed by atoms with Gasteiger partial charge in [0.25, 0.3) is 0 Å². The molecule has 0 spiro atoms. The summed E-state index contributed by atoms with van der Waals surface area (Å²) in [6, 6.07) is 0. The second-order valence-electron chi connectivity index (χ2n) is 6.34. The molecule has 6 heteroatoms. The van der Waals surface area contributed by atoms with Crippen molar-refractivity contribution in [2.24, 2.45) is 11.3 Å². The Morgan fingerprint density at radius 1 is 1.37 bits per heavy atom. The topological polar surface area (TPSA) is 67.9 Å². The van der Waals surface area contributed by atoms with E-state index in [-0.39, 0.29) is 18.0 Å². The standard InChI is InChI=1S/C13H22N2O4/c1-12(2,3)19-11(17)15-6-9-5-14-7-13(9,8-15)10(16)18-4/h9,14H,5-8H2,1-4H3/t9-,13+/m0/s1. The Bertz CT molecular complexity index is 391. The molecule has 0 bridgehead atoms. The first-order valence-electron chi connectivity index (χ1n) is 6.55. The average molecular weight is 270 g/mol. The van der Waals surface area contributed by atoms with Crippen LogP contribution < -0.4 is 5.32 Å². The molecule has 2 saturated heterocycles. The number of methoxy groups -OCH3 is 1. The van der Waals surface area contributed by atoms with Crippen LogP contribution in [0, 0.1) is 11.3 Å². The SMILES string of the molecule is COC(=O)[C@@]12CNC[C@H]1CN(C(=O)OC(C)(C)C)C2. The first kappa shape index (κ1) is 14.1. The zero-order valence-electron chi connectivity index (χ0n) is 12.0. The minimum absolute atomic E-state index is 0.104. The summed E-state index contributed by atoms with van der Waals surface area (Å²) in [5, 5.41) is 3.21. The Hall–Kier alpha value is -1.30. The molecule has 108 valence electrons. The lowest BCUT2D eigenvalue weighted by Crippen LogP contribution is -2.43. The average Bonchev–Trinajstić information content (AvgIpc) is 2.82. The first-order valence-corrected chi connectivity index (χ1v) is 6.55. The molecule has 1 amide bonds. The quantitative estimate of drug-likeness (QED) is 0.707. The minimum Gasteiger partial charge on any atom is -0.468 e. The van der Waals surface area contributed by atoms with Crippen LogP contribution >= 0.6 is 0 Å². The highest BCUT2D eigenvalue weighted by molar-refractivity contribution is 5.81. The Labute approximate surface area is 113 Å². The van der Waals surface area contributed by atoms with Crippen LogP contribution in [-0.2, 0) is 14.3 Å². The third-order valence-electron chi connectivity index (χ3n) is 3.77. The summed E-state index contributed by atoms with van der Waals surface area (Å²) in [4.78, 5) is 25.7. The normalized spacial score (nSPS) is 30.1. The predicted molar refractivity (Wildman–Crippen MR) is 68.6 cm³/mol. The summed E-state index contributed by atoms with van der Waals surface area (Å²) >= 11 is 0. The lowest BCUT2D eigenvalue weighted by atomic mass is 9.81. The molecule has 2 fully saturated rings. The van der Waals surface area contributed by atoms with E-state index in [4.69, 9.17) is 9.47 Å². The Morgan fingerprint density at radius 3 is 2.63 bits per heavy atom. The number of esters is 1. The molecule has 2 aliphatic rings. The van der Waals surface area contributed by atoms with Gasteiger partial charge in [0.2, 0.25) is 0 Å². The zero-order valence-corrected chi connectivity index (χ0v) is 12.0. The van der Waals surface area contributed by atoms with Crippen LogP contribution in [0.2, 0.25) is 0 Å². The molecule has 0 aromatic heterocycles. The predicted octanol–water partition coefficient (Wildman–Crippen LogP) is 0.616. The molecule has 0 radical (unpaired) electrons. The fraction of sp³-hybridized carbons (Fsp3) is 0.846. The molecule has 6 nitrogen and oxygen atoms in total. The van der Waals surface area contributed by atoms with E-state index in [9.17, 15) is 9.59 Å². The van der Waals surface area contributed by atoms with Gasteiger partial charge in [-0.05, 0) is 20.8 Å². The Kier molecular flexibility index (Phi) is 3.47. The number of nitrogens with one attached hydrogen (secondary N) is 1. The molecule has 0 saturated carbocycles. The highest BCUT2D eigenvalue weighted by Crippen LogP contribution is 2.40. The number of likely N-dealkylation sites (tertiary alicyclic amines) is 1. The molecule has 0 aliphatic carbocycles. The molecule has 2 atom stereocenters. The maximum Gasteiger partial charge on any atom is 0.410 e. The van der Waals surface area contributed by atoms with E-state index in [0.717, 1.165) is 6.54 Å². The molecule has 0 unspecified atom stereocenters. The van der Waals surface area contributed by atoms with Gasteiger partial charge in [-0.3, -0.25) is 4.79 Å². The summed E-state index contributed by atoms with van der Waals surface area (Å²) in [6.45, 7) is 7.69. The third kappa shape index (κ3) is 2.54. The van der Waals surface area contributed by atoms with Crippen LogP contribution in [0.25, 0.3) is 0 Å². The smallest absolute Gasteiger partial charge is 0.410 e. The van der Waals surface area contributed by atoms with Gasteiger partial charge < -0.3 is 19.7 Å². The number of fused-ring (bicyclic) bond motifs is 1. The van der Waals surface area contributed by atoms with Crippen molar-refractivity contribution in [3.05, 3.63) is 0 Å². The van der Waals surface area contributed by atoms with Crippen molar-refractivity contribution < 1.29 is 19.1 Å². The summed E-state index contributed by atoms with van der Waals surface area (Å²) < 4.78 is 10.3. The lowest BCUT2D eigenvalue weighted by Gasteiger charge is -2.26. The molecule has 2 rings (SSSR count). The van der Waals surface area contributed by atoms with E-state index in [2.05, 4.69) is 5.32 Å². The van der Waals surface area contributed by atoms with Crippen molar-refractivity contribution in [2.75, 3.05) is 33.3 Å². The maximum atomic E-state index is 12.1. The number of ether oxygens (including phenoxy) is 2. The minimum atomic E-state index is -0.606. The first-order chi connectivity index (χ1) is 8.78. The maximum absolute atomic E-state index is 12.1. The van der Waals surface area contributed by atoms with Crippen LogP contribution in [0.1, 0.15) is 20.8 Å². The molecule has 1 N–H and O–H groups in total. The van der Waals surface area contributed by atoms with Gasteiger partial charge >= 0.3 is 12.1 Å². The lowest BCUT2D eigenvalue weighted by molar-refractivity contribution is -0.152.